The minimum Gasteiger partial charge on any atom is -0.332 e. The Morgan fingerprint density at radius 2 is 2.09 bits per heavy atom. The van der Waals surface area contributed by atoms with Crippen molar-refractivity contribution in [1.82, 2.24) is 23.9 Å². The Labute approximate surface area is 132 Å². The van der Waals surface area contributed by atoms with Gasteiger partial charge in [0.1, 0.15) is 0 Å². The summed E-state index contributed by atoms with van der Waals surface area (Å²) in [6.45, 7) is 1.84. The number of fused-ring (bicyclic) bond motifs is 1. The van der Waals surface area contributed by atoms with Gasteiger partial charge in [-0.2, -0.15) is 4.31 Å². The van der Waals surface area contributed by atoms with Gasteiger partial charge >= 0.3 is 6.03 Å². The Morgan fingerprint density at radius 3 is 2.73 bits per heavy atom. The maximum absolute atomic E-state index is 12.1. The summed E-state index contributed by atoms with van der Waals surface area (Å²) in [7, 11) is -3.18. The Bertz CT molecular complexity index is 745. The molecule has 0 aliphatic carbocycles. The van der Waals surface area contributed by atoms with Crippen LogP contribution < -0.4 is 5.32 Å². The first-order valence-corrected chi connectivity index (χ1v) is 9.55. The normalized spacial score (nSPS) is 17.0. The van der Waals surface area contributed by atoms with E-state index in [1.54, 1.807) is 4.90 Å². The molecule has 0 saturated carbocycles. The number of hydrogen-bond acceptors (Lipinski definition) is 5. The highest BCUT2D eigenvalue weighted by molar-refractivity contribution is 7.88. The molecule has 1 aliphatic rings. The largest absolute Gasteiger partial charge is 0.332 e. The van der Waals surface area contributed by atoms with Gasteiger partial charge in [0.15, 0.2) is 4.96 Å². The van der Waals surface area contributed by atoms with Crippen LogP contribution in [0, 0.1) is 0 Å². The number of carbonyl (C=O) groups excluding carboxylic acids is 1. The van der Waals surface area contributed by atoms with Crippen molar-refractivity contribution in [2.75, 3.05) is 32.4 Å². The number of thiazole rings is 1. The molecule has 2 aromatic rings. The van der Waals surface area contributed by atoms with E-state index in [1.165, 1.54) is 21.9 Å². The van der Waals surface area contributed by atoms with Gasteiger partial charge in [-0.3, -0.25) is 4.40 Å². The van der Waals surface area contributed by atoms with Gasteiger partial charge in [0.2, 0.25) is 10.0 Å². The number of imidazole rings is 1. The molecule has 1 fully saturated rings. The molecule has 0 radical (unpaired) electrons. The van der Waals surface area contributed by atoms with Gasteiger partial charge in [0.05, 0.1) is 18.5 Å². The van der Waals surface area contributed by atoms with Crippen LogP contribution in [0.25, 0.3) is 4.96 Å². The van der Waals surface area contributed by atoms with Crippen molar-refractivity contribution in [2.45, 2.75) is 6.54 Å². The van der Waals surface area contributed by atoms with Gasteiger partial charge < -0.3 is 10.2 Å². The molecule has 2 aromatic heterocycles. The van der Waals surface area contributed by atoms with Gasteiger partial charge in [-0.15, -0.1) is 11.3 Å². The van der Waals surface area contributed by atoms with Crippen LogP contribution in [0.5, 0.6) is 0 Å². The molecule has 2 amide bonds. The number of carbonyl (C=O) groups is 1. The SMILES string of the molecule is CS(=O)(=O)N1CCN(C(=O)NCc2cn3ccsc3n2)CC1. The fourth-order valence-corrected chi connectivity index (χ4v) is 3.91. The summed E-state index contributed by atoms with van der Waals surface area (Å²) < 4.78 is 26.2. The van der Waals surface area contributed by atoms with Crippen LogP contribution in [0.1, 0.15) is 5.69 Å². The van der Waals surface area contributed by atoms with Gasteiger partial charge in [0.25, 0.3) is 0 Å². The molecule has 0 aromatic carbocycles. The molecule has 120 valence electrons. The molecule has 1 aliphatic heterocycles. The van der Waals surface area contributed by atoms with Crippen molar-refractivity contribution >= 4 is 32.4 Å². The Kier molecular flexibility index (Phi) is 4.06. The van der Waals surface area contributed by atoms with Gasteiger partial charge in [-0.1, -0.05) is 0 Å². The third-order valence-corrected chi connectivity index (χ3v) is 5.63. The average molecular weight is 343 g/mol. The second-order valence-electron chi connectivity index (χ2n) is 5.13. The van der Waals surface area contributed by atoms with Crippen molar-refractivity contribution in [3.63, 3.8) is 0 Å². The van der Waals surface area contributed by atoms with Crippen LogP contribution >= 0.6 is 11.3 Å². The zero-order valence-electron chi connectivity index (χ0n) is 12.1. The lowest BCUT2D eigenvalue weighted by Crippen LogP contribution is -2.52. The quantitative estimate of drug-likeness (QED) is 0.861. The van der Waals surface area contributed by atoms with Crippen molar-refractivity contribution in [3.8, 4) is 0 Å². The lowest BCUT2D eigenvalue weighted by molar-refractivity contribution is 0.172. The highest BCUT2D eigenvalue weighted by Gasteiger charge is 2.25. The summed E-state index contributed by atoms with van der Waals surface area (Å²) in [6.07, 6.45) is 4.99. The Balaban J connectivity index is 1.51. The van der Waals surface area contributed by atoms with Crippen molar-refractivity contribution in [3.05, 3.63) is 23.5 Å². The van der Waals surface area contributed by atoms with E-state index >= 15 is 0 Å². The molecule has 8 nitrogen and oxygen atoms in total. The standard InChI is InChI=1S/C12H17N5O3S2/c1-22(19,20)17-4-2-15(3-5-17)11(18)13-8-10-9-16-6-7-21-12(16)14-10/h6-7,9H,2-5,8H2,1H3,(H,13,18). The topological polar surface area (TPSA) is 87.0 Å². The summed E-state index contributed by atoms with van der Waals surface area (Å²) in [5.74, 6) is 0. The number of amides is 2. The molecular weight excluding hydrogens is 326 g/mol. The molecule has 0 bridgehead atoms. The van der Waals surface area contributed by atoms with Crippen LogP contribution in [0.2, 0.25) is 0 Å². The summed E-state index contributed by atoms with van der Waals surface area (Å²) in [6, 6.07) is -0.190. The zero-order chi connectivity index (χ0) is 15.7. The van der Waals surface area contributed by atoms with E-state index in [2.05, 4.69) is 10.3 Å². The van der Waals surface area contributed by atoms with Gasteiger partial charge in [-0.05, 0) is 0 Å². The molecule has 22 heavy (non-hydrogen) atoms. The third-order valence-electron chi connectivity index (χ3n) is 3.56. The fourth-order valence-electron chi connectivity index (χ4n) is 2.36. The molecule has 0 unspecified atom stereocenters. The lowest BCUT2D eigenvalue weighted by atomic mass is 10.4. The van der Waals surface area contributed by atoms with Gasteiger partial charge in [0, 0.05) is 44.0 Å². The number of piperazine rings is 1. The van der Waals surface area contributed by atoms with E-state index in [-0.39, 0.29) is 6.03 Å². The molecule has 1 saturated heterocycles. The number of hydrogen-bond donors (Lipinski definition) is 1. The van der Waals surface area contributed by atoms with E-state index in [1.807, 2.05) is 22.2 Å². The second kappa shape index (κ2) is 5.86. The van der Waals surface area contributed by atoms with Crippen LogP contribution in [-0.4, -0.2) is 65.5 Å². The number of sulfonamides is 1. The maximum Gasteiger partial charge on any atom is 0.317 e. The smallest absolute Gasteiger partial charge is 0.317 e. The van der Waals surface area contributed by atoms with E-state index in [9.17, 15) is 13.2 Å². The molecule has 10 heteroatoms. The van der Waals surface area contributed by atoms with E-state index in [0.29, 0.717) is 32.7 Å². The Hall–Kier alpha value is -1.65. The van der Waals surface area contributed by atoms with Crippen molar-refractivity contribution < 1.29 is 13.2 Å². The molecule has 1 N–H and O–H groups in total. The molecule has 3 heterocycles. The van der Waals surface area contributed by atoms with Crippen molar-refractivity contribution in [1.29, 1.82) is 0 Å². The highest BCUT2D eigenvalue weighted by atomic mass is 32.2. The van der Waals surface area contributed by atoms with E-state index < -0.39 is 10.0 Å². The summed E-state index contributed by atoms with van der Waals surface area (Å²) in [4.78, 5) is 19.0. The van der Waals surface area contributed by atoms with Crippen LogP contribution in [0.4, 0.5) is 4.79 Å². The third kappa shape index (κ3) is 3.23. The summed E-state index contributed by atoms with van der Waals surface area (Å²) in [5.41, 5.74) is 0.801. The fraction of sp³-hybridized carbons (Fsp3) is 0.500. The van der Waals surface area contributed by atoms with Crippen LogP contribution in [0.3, 0.4) is 0 Å². The first-order chi connectivity index (χ1) is 10.4. The second-order valence-corrected chi connectivity index (χ2v) is 7.99. The predicted molar refractivity (Wildman–Crippen MR) is 83.3 cm³/mol. The number of rotatable bonds is 3. The number of nitrogens with zero attached hydrogens (tertiary/aromatic N) is 4. The van der Waals surface area contributed by atoms with E-state index in [4.69, 9.17) is 0 Å². The molecule has 0 spiro atoms. The first kappa shape index (κ1) is 15.3. The van der Waals surface area contributed by atoms with Crippen molar-refractivity contribution in [2.24, 2.45) is 0 Å². The lowest BCUT2D eigenvalue weighted by Gasteiger charge is -2.33. The summed E-state index contributed by atoms with van der Waals surface area (Å²) >= 11 is 1.54. The molecule has 0 atom stereocenters. The number of urea groups is 1. The number of aromatic nitrogens is 2. The summed E-state index contributed by atoms with van der Waals surface area (Å²) in [5, 5.41) is 4.77. The molecule has 3 rings (SSSR count). The monoisotopic (exact) mass is 343 g/mol. The minimum atomic E-state index is -3.18. The van der Waals surface area contributed by atoms with Crippen LogP contribution in [-0.2, 0) is 16.6 Å². The van der Waals surface area contributed by atoms with Gasteiger partial charge in [-0.25, -0.2) is 18.2 Å². The average Bonchev–Trinajstić information content (AvgIpc) is 3.05. The maximum atomic E-state index is 12.1. The highest BCUT2D eigenvalue weighted by Crippen LogP contribution is 2.11. The van der Waals surface area contributed by atoms with Crippen LogP contribution in [0.15, 0.2) is 17.8 Å². The number of nitrogens with one attached hydrogen (secondary N) is 1. The first-order valence-electron chi connectivity index (χ1n) is 6.82. The van der Waals surface area contributed by atoms with E-state index in [0.717, 1.165) is 10.7 Å². The zero-order valence-corrected chi connectivity index (χ0v) is 13.7. The predicted octanol–water partition coefficient (Wildman–Crippen LogP) is 0.183. The Morgan fingerprint density at radius 1 is 1.36 bits per heavy atom. The minimum absolute atomic E-state index is 0.190. The molecular formula is C12H17N5O3S2.